The lowest BCUT2D eigenvalue weighted by molar-refractivity contribution is 0.402. The molecule has 1 aromatic rings. The molecule has 0 aliphatic heterocycles. The fourth-order valence-corrected chi connectivity index (χ4v) is 1.50. The van der Waals surface area contributed by atoms with Gasteiger partial charge in [-0.3, -0.25) is 0 Å². The molecule has 0 bridgehead atoms. The predicted molar refractivity (Wildman–Crippen MR) is 55.6 cm³/mol. The van der Waals surface area contributed by atoms with Gasteiger partial charge in [0.15, 0.2) is 0 Å². The van der Waals surface area contributed by atoms with Crippen molar-refractivity contribution < 1.29 is 0 Å². The molecule has 0 saturated carbocycles. The lowest BCUT2D eigenvalue weighted by Crippen LogP contribution is -2.10. The molecule has 0 heterocycles. The van der Waals surface area contributed by atoms with E-state index in [0.29, 0.717) is 0 Å². The molecular weight excluding hydrogens is 166 g/mol. The molecular formula is C10H15NS. The topological polar surface area (TPSA) is 3.24 Å². The summed E-state index contributed by atoms with van der Waals surface area (Å²) in [5.74, 6) is 0. The fourth-order valence-electron chi connectivity index (χ4n) is 1.10. The van der Waals surface area contributed by atoms with Crippen molar-refractivity contribution in [2.75, 3.05) is 20.4 Å². The van der Waals surface area contributed by atoms with E-state index < -0.39 is 0 Å². The van der Waals surface area contributed by atoms with Crippen molar-refractivity contribution in [2.24, 2.45) is 0 Å². The van der Waals surface area contributed by atoms with Crippen molar-refractivity contribution in [3.05, 3.63) is 29.8 Å². The minimum atomic E-state index is 1.02. The second kappa shape index (κ2) is 4.53. The summed E-state index contributed by atoms with van der Waals surface area (Å²) in [5, 5.41) is 0. The van der Waals surface area contributed by atoms with Crippen LogP contribution in [0.5, 0.6) is 0 Å². The summed E-state index contributed by atoms with van der Waals surface area (Å²) in [6.45, 7) is 1.02. The van der Waals surface area contributed by atoms with Gasteiger partial charge in [0, 0.05) is 11.4 Å². The summed E-state index contributed by atoms with van der Waals surface area (Å²) >= 11 is 1.78. The Morgan fingerprint density at radius 3 is 2.17 bits per heavy atom. The normalized spacial score (nSPS) is 10.7. The summed E-state index contributed by atoms with van der Waals surface area (Å²) < 4.78 is 0. The molecule has 0 aliphatic carbocycles. The van der Waals surface area contributed by atoms with Crippen molar-refractivity contribution in [2.45, 2.75) is 11.4 Å². The fraction of sp³-hybridized carbons (Fsp3) is 0.400. The van der Waals surface area contributed by atoms with Gasteiger partial charge in [-0.25, -0.2) is 0 Å². The van der Waals surface area contributed by atoms with E-state index in [0.717, 1.165) is 6.54 Å². The molecule has 0 unspecified atom stereocenters. The van der Waals surface area contributed by atoms with Crippen LogP contribution in [0, 0.1) is 0 Å². The smallest absolute Gasteiger partial charge is 0.0227 e. The first-order valence-electron chi connectivity index (χ1n) is 4.00. The molecule has 0 atom stereocenters. The largest absolute Gasteiger partial charge is 0.305 e. The summed E-state index contributed by atoms with van der Waals surface area (Å²) in [6.07, 6.45) is 2.10. The van der Waals surface area contributed by atoms with E-state index in [9.17, 15) is 0 Å². The van der Waals surface area contributed by atoms with Gasteiger partial charge >= 0.3 is 0 Å². The van der Waals surface area contributed by atoms with Crippen LogP contribution in [0.15, 0.2) is 29.2 Å². The molecule has 0 saturated heterocycles. The summed E-state index contributed by atoms with van der Waals surface area (Å²) in [7, 11) is 4.17. The van der Waals surface area contributed by atoms with Crippen LogP contribution in [0.4, 0.5) is 0 Å². The van der Waals surface area contributed by atoms with Crippen molar-refractivity contribution in [3.8, 4) is 0 Å². The molecule has 66 valence electrons. The van der Waals surface area contributed by atoms with E-state index in [1.165, 1.54) is 10.5 Å². The maximum atomic E-state index is 2.19. The molecule has 0 radical (unpaired) electrons. The van der Waals surface area contributed by atoms with Crippen LogP contribution in [-0.2, 0) is 6.54 Å². The Morgan fingerprint density at radius 1 is 1.17 bits per heavy atom. The summed E-state index contributed by atoms with van der Waals surface area (Å²) in [6, 6.07) is 8.71. The highest BCUT2D eigenvalue weighted by Gasteiger charge is 1.94. The van der Waals surface area contributed by atoms with Crippen LogP contribution in [0.2, 0.25) is 0 Å². The average Bonchev–Trinajstić information content (AvgIpc) is 2.05. The van der Waals surface area contributed by atoms with E-state index in [2.05, 4.69) is 49.5 Å². The van der Waals surface area contributed by atoms with Gasteiger partial charge in [-0.1, -0.05) is 12.1 Å². The third-order valence-corrected chi connectivity index (χ3v) is 2.40. The predicted octanol–water partition coefficient (Wildman–Crippen LogP) is 2.47. The van der Waals surface area contributed by atoms with Crippen LogP contribution in [0.25, 0.3) is 0 Å². The van der Waals surface area contributed by atoms with E-state index in [4.69, 9.17) is 0 Å². The lowest BCUT2D eigenvalue weighted by atomic mass is 10.2. The van der Waals surface area contributed by atoms with Crippen molar-refractivity contribution in [3.63, 3.8) is 0 Å². The zero-order valence-corrected chi connectivity index (χ0v) is 8.69. The van der Waals surface area contributed by atoms with Crippen LogP contribution in [0.1, 0.15) is 5.56 Å². The Morgan fingerprint density at radius 2 is 1.75 bits per heavy atom. The molecule has 0 aromatic heterocycles. The molecule has 1 rings (SSSR count). The number of benzene rings is 1. The molecule has 0 N–H and O–H groups in total. The van der Waals surface area contributed by atoms with Crippen LogP contribution >= 0.6 is 11.8 Å². The van der Waals surface area contributed by atoms with E-state index in [1.54, 1.807) is 11.8 Å². The Labute approximate surface area is 78.8 Å². The lowest BCUT2D eigenvalue weighted by Gasteiger charge is -2.09. The number of rotatable bonds is 3. The maximum absolute atomic E-state index is 2.19. The van der Waals surface area contributed by atoms with E-state index in [1.807, 2.05) is 0 Å². The quantitative estimate of drug-likeness (QED) is 0.659. The van der Waals surface area contributed by atoms with Gasteiger partial charge in [-0.2, -0.15) is 0 Å². The third-order valence-electron chi connectivity index (χ3n) is 1.66. The van der Waals surface area contributed by atoms with Gasteiger partial charge in [0.1, 0.15) is 0 Å². The van der Waals surface area contributed by atoms with Gasteiger partial charge in [0.05, 0.1) is 0 Å². The minimum absolute atomic E-state index is 1.02. The van der Waals surface area contributed by atoms with Crippen molar-refractivity contribution in [1.29, 1.82) is 0 Å². The number of nitrogens with zero attached hydrogens (tertiary/aromatic N) is 1. The zero-order chi connectivity index (χ0) is 8.97. The Kier molecular flexibility index (Phi) is 3.63. The Bertz CT molecular complexity index is 228. The van der Waals surface area contributed by atoms with Crippen LogP contribution in [-0.4, -0.2) is 25.3 Å². The highest BCUT2D eigenvalue weighted by atomic mass is 32.2. The first-order chi connectivity index (χ1) is 5.72. The third kappa shape index (κ3) is 2.88. The number of thioether (sulfide) groups is 1. The Hall–Kier alpha value is -0.470. The summed E-state index contributed by atoms with van der Waals surface area (Å²) in [5.41, 5.74) is 1.37. The van der Waals surface area contributed by atoms with Gasteiger partial charge < -0.3 is 4.90 Å². The average molecular weight is 181 g/mol. The molecule has 12 heavy (non-hydrogen) atoms. The second-order valence-corrected chi connectivity index (χ2v) is 3.97. The van der Waals surface area contributed by atoms with E-state index >= 15 is 0 Å². The van der Waals surface area contributed by atoms with Crippen molar-refractivity contribution in [1.82, 2.24) is 4.90 Å². The van der Waals surface area contributed by atoms with Gasteiger partial charge in [-0.05, 0) is 38.0 Å². The maximum Gasteiger partial charge on any atom is 0.0227 e. The minimum Gasteiger partial charge on any atom is -0.305 e. The Balaban J connectivity index is 2.65. The molecule has 0 fully saturated rings. The van der Waals surface area contributed by atoms with E-state index in [-0.39, 0.29) is 0 Å². The molecule has 2 heteroatoms. The van der Waals surface area contributed by atoms with Crippen LogP contribution < -0.4 is 0 Å². The summed E-state index contributed by atoms with van der Waals surface area (Å²) in [4.78, 5) is 3.51. The zero-order valence-electron chi connectivity index (χ0n) is 7.87. The molecule has 0 aliphatic rings. The monoisotopic (exact) mass is 181 g/mol. The molecule has 0 spiro atoms. The van der Waals surface area contributed by atoms with Crippen LogP contribution in [0.3, 0.4) is 0 Å². The first-order valence-corrected chi connectivity index (χ1v) is 5.22. The standard InChI is InChI=1S/C10H15NS/c1-11(2)8-9-4-6-10(12-3)7-5-9/h4-7H,8H2,1-3H3. The molecule has 1 aromatic carbocycles. The van der Waals surface area contributed by atoms with Crippen molar-refractivity contribution >= 4 is 11.8 Å². The van der Waals surface area contributed by atoms with Gasteiger partial charge in [0.25, 0.3) is 0 Å². The number of hydrogen-bond donors (Lipinski definition) is 0. The first kappa shape index (κ1) is 9.62. The highest BCUT2D eigenvalue weighted by Crippen LogP contribution is 2.15. The highest BCUT2D eigenvalue weighted by molar-refractivity contribution is 7.98. The van der Waals surface area contributed by atoms with Gasteiger partial charge in [-0.15, -0.1) is 11.8 Å². The molecule has 0 amide bonds. The van der Waals surface area contributed by atoms with Gasteiger partial charge in [0.2, 0.25) is 0 Å². The SMILES string of the molecule is CSc1ccc(CN(C)C)cc1. The number of hydrogen-bond acceptors (Lipinski definition) is 2. The second-order valence-electron chi connectivity index (χ2n) is 3.09. The molecule has 1 nitrogen and oxygen atoms in total.